The van der Waals surface area contributed by atoms with E-state index < -0.39 is 15.6 Å². The summed E-state index contributed by atoms with van der Waals surface area (Å²) < 4.78 is 24.8. The summed E-state index contributed by atoms with van der Waals surface area (Å²) in [6.45, 7) is 8.43. The smallest absolute Gasteiger partial charge is 0.238 e. The SMILES string of the molecule is Cc1cc(-c2cncs2)cc2c(N3C(C)Cc4ccc(S(N)(=O)=O)cc4C3(C)C3CCNCC3)ncnc12. The van der Waals surface area contributed by atoms with Gasteiger partial charge in [0.1, 0.15) is 12.1 Å². The normalized spacial score (nSPS) is 22.5. The third-order valence-corrected chi connectivity index (χ3v) is 10.1. The van der Waals surface area contributed by atoms with Gasteiger partial charge < -0.3 is 10.2 Å². The van der Waals surface area contributed by atoms with E-state index in [9.17, 15) is 8.42 Å². The molecule has 38 heavy (non-hydrogen) atoms. The summed E-state index contributed by atoms with van der Waals surface area (Å²) in [5.41, 5.74) is 6.65. The van der Waals surface area contributed by atoms with E-state index in [0.29, 0.717) is 0 Å². The molecule has 0 radical (unpaired) electrons. The van der Waals surface area contributed by atoms with E-state index in [0.717, 1.165) is 70.6 Å². The maximum absolute atomic E-state index is 12.4. The van der Waals surface area contributed by atoms with Gasteiger partial charge in [-0.1, -0.05) is 6.07 Å². The van der Waals surface area contributed by atoms with Gasteiger partial charge in [0, 0.05) is 17.6 Å². The fraction of sp³-hybridized carbons (Fsp3) is 0.393. The van der Waals surface area contributed by atoms with E-state index >= 15 is 0 Å². The van der Waals surface area contributed by atoms with Gasteiger partial charge >= 0.3 is 0 Å². The Hall–Kier alpha value is -2.92. The number of nitrogens with two attached hydrogens (primary N) is 1. The third-order valence-electron chi connectivity index (χ3n) is 8.40. The van der Waals surface area contributed by atoms with Crippen molar-refractivity contribution in [2.24, 2.45) is 11.1 Å². The minimum absolute atomic E-state index is 0.133. The Labute approximate surface area is 227 Å². The molecule has 1 saturated heterocycles. The van der Waals surface area contributed by atoms with Crippen LogP contribution in [0, 0.1) is 12.8 Å². The number of aryl methyl sites for hydroxylation is 1. The van der Waals surface area contributed by atoms with Crippen molar-refractivity contribution >= 4 is 38.1 Å². The molecule has 1 fully saturated rings. The van der Waals surface area contributed by atoms with Crippen LogP contribution in [0.3, 0.4) is 0 Å². The number of hydrogen-bond acceptors (Lipinski definition) is 8. The highest BCUT2D eigenvalue weighted by Crippen LogP contribution is 2.50. The maximum Gasteiger partial charge on any atom is 0.238 e. The van der Waals surface area contributed by atoms with Crippen LogP contribution in [0.15, 0.2) is 53.3 Å². The third kappa shape index (κ3) is 4.10. The summed E-state index contributed by atoms with van der Waals surface area (Å²) in [4.78, 5) is 17.6. The fourth-order valence-corrected chi connectivity index (χ4v) is 7.78. The first-order valence-electron chi connectivity index (χ1n) is 13.0. The fourth-order valence-electron chi connectivity index (χ4n) is 6.63. The van der Waals surface area contributed by atoms with Gasteiger partial charge in [-0.05, 0) is 106 Å². The molecule has 198 valence electrons. The molecule has 0 bridgehead atoms. The molecule has 0 amide bonds. The average Bonchev–Trinajstić information content (AvgIpc) is 3.44. The number of anilines is 1. The number of rotatable bonds is 4. The molecule has 4 aromatic rings. The number of nitrogens with zero attached hydrogens (tertiary/aromatic N) is 4. The number of sulfonamides is 1. The van der Waals surface area contributed by atoms with Gasteiger partial charge in [-0.3, -0.25) is 4.98 Å². The van der Waals surface area contributed by atoms with Crippen LogP contribution in [0.5, 0.6) is 0 Å². The molecular formula is C28H32N6O2S2. The van der Waals surface area contributed by atoms with Gasteiger partial charge in [-0.2, -0.15) is 0 Å². The highest BCUT2D eigenvalue weighted by atomic mass is 32.2. The summed E-state index contributed by atoms with van der Waals surface area (Å²) in [5.74, 6) is 1.17. The molecule has 0 saturated carbocycles. The molecule has 6 rings (SSSR count). The topological polar surface area (TPSA) is 114 Å². The zero-order chi connectivity index (χ0) is 26.7. The van der Waals surface area contributed by atoms with Crippen LogP contribution in [-0.2, 0) is 22.0 Å². The Kier molecular flexibility index (Phi) is 6.26. The Morgan fingerprint density at radius 3 is 2.66 bits per heavy atom. The lowest BCUT2D eigenvalue weighted by molar-refractivity contribution is 0.196. The Morgan fingerprint density at radius 2 is 1.95 bits per heavy atom. The van der Waals surface area contributed by atoms with Crippen LogP contribution in [0.4, 0.5) is 5.82 Å². The molecular weight excluding hydrogens is 516 g/mol. The minimum atomic E-state index is -3.85. The van der Waals surface area contributed by atoms with Gasteiger partial charge in [-0.15, -0.1) is 11.3 Å². The number of nitrogens with one attached hydrogen (secondary N) is 1. The maximum atomic E-state index is 12.4. The van der Waals surface area contributed by atoms with E-state index in [2.05, 4.69) is 53.1 Å². The number of benzene rings is 2. The van der Waals surface area contributed by atoms with Gasteiger partial charge in [0.25, 0.3) is 0 Å². The Morgan fingerprint density at radius 1 is 1.16 bits per heavy atom. The first-order chi connectivity index (χ1) is 18.2. The largest absolute Gasteiger partial charge is 0.343 e. The van der Waals surface area contributed by atoms with Gasteiger partial charge in [-0.25, -0.2) is 23.5 Å². The first kappa shape index (κ1) is 25.4. The molecule has 3 N–H and O–H groups in total. The summed E-state index contributed by atoms with van der Waals surface area (Å²) in [5, 5.41) is 10.1. The number of primary sulfonamides is 1. The number of piperidine rings is 1. The molecule has 10 heteroatoms. The van der Waals surface area contributed by atoms with E-state index in [1.807, 2.05) is 23.8 Å². The number of hydrogen-bond donors (Lipinski definition) is 2. The average molecular weight is 549 g/mol. The lowest BCUT2D eigenvalue weighted by atomic mass is 9.68. The standard InChI is InChI=1S/C28H32N6O2S2/c1-17-10-20(25-14-31-16-37-25)12-23-26(17)32-15-33-27(23)34-18(2)11-19-4-5-22(38(29,35)36)13-24(19)28(34,3)21-6-8-30-9-7-21/h4-5,10,12-16,18,21,30H,6-9,11H2,1-3H3,(H2,29,35,36). The van der Waals surface area contributed by atoms with Crippen molar-refractivity contribution in [1.82, 2.24) is 20.3 Å². The minimum Gasteiger partial charge on any atom is -0.343 e. The van der Waals surface area contributed by atoms with Crippen molar-refractivity contribution in [3.8, 4) is 10.4 Å². The van der Waals surface area contributed by atoms with Crippen LogP contribution in [0.25, 0.3) is 21.3 Å². The van der Waals surface area contributed by atoms with Crippen molar-refractivity contribution in [1.29, 1.82) is 0 Å². The predicted octanol–water partition coefficient (Wildman–Crippen LogP) is 4.38. The van der Waals surface area contributed by atoms with Crippen LogP contribution in [0.2, 0.25) is 0 Å². The Bertz CT molecular complexity index is 1620. The quantitative estimate of drug-likeness (QED) is 0.389. The monoisotopic (exact) mass is 548 g/mol. The molecule has 2 atom stereocenters. The molecule has 2 aromatic heterocycles. The number of aromatic nitrogens is 3. The molecule has 0 aliphatic carbocycles. The zero-order valence-electron chi connectivity index (χ0n) is 21.8. The lowest BCUT2D eigenvalue weighted by Crippen LogP contribution is -2.59. The number of fused-ring (bicyclic) bond motifs is 2. The van der Waals surface area contributed by atoms with E-state index in [1.54, 1.807) is 23.7 Å². The van der Waals surface area contributed by atoms with E-state index in [1.165, 1.54) is 5.56 Å². The Balaban J connectivity index is 1.62. The summed E-state index contributed by atoms with van der Waals surface area (Å²) in [6, 6.07) is 9.87. The molecule has 2 aromatic carbocycles. The lowest BCUT2D eigenvalue weighted by Gasteiger charge is -2.55. The zero-order valence-corrected chi connectivity index (χ0v) is 23.4. The van der Waals surface area contributed by atoms with Gasteiger partial charge in [0.05, 0.1) is 26.3 Å². The van der Waals surface area contributed by atoms with Crippen molar-refractivity contribution in [3.05, 3.63) is 65.1 Å². The second-order valence-electron chi connectivity index (χ2n) is 10.7. The highest BCUT2D eigenvalue weighted by Gasteiger charge is 2.48. The molecule has 2 aliphatic heterocycles. The van der Waals surface area contributed by atoms with Crippen molar-refractivity contribution in [2.45, 2.75) is 56.5 Å². The van der Waals surface area contributed by atoms with Crippen LogP contribution in [-0.4, -0.2) is 42.5 Å². The second-order valence-corrected chi connectivity index (χ2v) is 13.2. The number of thiazole rings is 1. The van der Waals surface area contributed by atoms with Crippen molar-refractivity contribution in [2.75, 3.05) is 18.0 Å². The molecule has 2 aliphatic rings. The molecule has 8 nitrogen and oxygen atoms in total. The van der Waals surface area contributed by atoms with Gasteiger partial charge in [0.2, 0.25) is 10.0 Å². The van der Waals surface area contributed by atoms with Crippen LogP contribution < -0.4 is 15.4 Å². The first-order valence-corrected chi connectivity index (χ1v) is 15.4. The molecule has 4 heterocycles. The second kappa shape index (κ2) is 9.37. The molecule has 2 unspecified atom stereocenters. The van der Waals surface area contributed by atoms with Gasteiger partial charge in [0.15, 0.2) is 0 Å². The van der Waals surface area contributed by atoms with Crippen molar-refractivity contribution < 1.29 is 8.42 Å². The van der Waals surface area contributed by atoms with Crippen LogP contribution in [0.1, 0.15) is 43.4 Å². The summed E-state index contributed by atoms with van der Waals surface area (Å²) in [7, 11) is -3.85. The van der Waals surface area contributed by atoms with Crippen molar-refractivity contribution in [3.63, 3.8) is 0 Å². The summed E-state index contributed by atoms with van der Waals surface area (Å²) >= 11 is 1.61. The predicted molar refractivity (Wildman–Crippen MR) is 152 cm³/mol. The summed E-state index contributed by atoms with van der Waals surface area (Å²) in [6.07, 6.45) is 6.28. The van der Waals surface area contributed by atoms with E-state index in [4.69, 9.17) is 10.1 Å². The van der Waals surface area contributed by atoms with E-state index in [-0.39, 0.29) is 16.9 Å². The van der Waals surface area contributed by atoms with Crippen LogP contribution >= 0.6 is 11.3 Å². The molecule has 0 spiro atoms. The highest BCUT2D eigenvalue weighted by molar-refractivity contribution is 7.89.